The van der Waals surface area contributed by atoms with Gasteiger partial charge in [0.25, 0.3) is 0 Å². The van der Waals surface area contributed by atoms with Crippen LogP contribution in [-0.4, -0.2) is 91.3 Å². The Balaban J connectivity index is 2.04. The standard InChI is InChI=1S/C23H42N8O4/c1-3-5-8-15-21(34)29-16(12-28-15)19(32)14-31-13-17(20(33)26-10-6-4-2)30-22(35)18(31)9-7-11-27-23(24)25/h15-18,28H,3-14H2,1-2H3,(H,26,33)(H,29,34)(H,30,35)(H4,24,25,27)/t15-,16+,17+,18-/m0/s1. The molecule has 35 heavy (non-hydrogen) atoms. The minimum absolute atomic E-state index is 0.0216. The summed E-state index contributed by atoms with van der Waals surface area (Å²) in [4.78, 5) is 56.7. The fraction of sp³-hybridized carbons (Fsp3) is 0.783. The molecule has 12 heteroatoms. The van der Waals surface area contributed by atoms with Crippen LogP contribution in [0.1, 0.15) is 58.8 Å². The molecule has 2 saturated heterocycles. The van der Waals surface area contributed by atoms with Crippen LogP contribution in [0.25, 0.3) is 0 Å². The predicted octanol–water partition coefficient (Wildman–Crippen LogP) is -1.66. The first kappa shape index (κ1) is 28.5. The second kappa shape index (κ2) is 14.6. The number of carbonyl (C=O) groups is 4. The van der Waals surface area contributed by atoms with Crippen LogP contribution in [0.4, 0.5) is 0 Å². The average molecular weight is 495 g/mol. The van der Waals surface area contributed by atoms with Crippen molar-refractivity contribution in [2.75, 3.05) is 32.7 Å². The number of amides is 3. The molecule has 0 aliphatic carbocycles. The van der Waals surface area contributed by atoms with E-state index in [1.54, 1.807) is 4.90 Å². The number of hydrogen-bond donors (Lipinski definition) is 6. The highest BCUT2D eigenvalue weighted by atomic mass is 16.2. The number of Topliss-reactive ketones (excluding diaryl/α,β-unsaturated/α-hetero) is 1. The molecule has 2 heterocycles. The van der Waals surface area contributed by atoms with Crippen LogP contribution in [0.2, 0.25) is 0 Å². The van der Waals surface area contributed by atoms with E-state index in [9.17, 15) is 19.2 Å². The van der Waals surface area contributed by atoms with E-state index in [-0.39, 0.29) is 48.6 Å². The first-order valence-electron chi connectivity index (χ1n) is 12.7. The summed E-state index contributed by atoms with van der Waals surface area (Å²) in [6.07, 6.45) is 5.38. The van der Waals surface area contributed by atoms with Gasteiger partial charge in [0.05, 0.1) is 18.6 Å². The number of nitrogens with zero attached hydrogens (tertiary/aromatic N) is 2. The number of aliphatic imine (C=N–C) groups is 1. The smallest absolute Gasteiger partial charge is 0.243 e. The van der Waals surface area contributed by atoms with E-state index in [1.807, 2.05) is 6.92 Å². The molecule has 0 saturated carbocycles. The second-order valence-corrected chi connectivity index (χ2v) is 9.23. The number of ketones is 1. The molecule has 8 N–H and O–H groups in total. The van der Waals surface area contributed by atoms with Crippen molar-refractivity contribution in [1.29, 1.82) is 0 Å². The Hall–Kier alpha value is -2.73. The molecule has 12 nitrogen and oxygen atoms in total. The van der Waals surface area contributed by atoms with Gasteiger partial charge in [-0.3, -0.25) is 29.1 Å². The predicted molar refractivity (Wildman–Crippen MR) is 133 cm³/mol. The Bertz CT molecular complexity index is 771. The summed E-state index contributed by atoms with van der Waals surface area (Å²) in [6, 6.07) is -2.32. The zero-order valence-electron chi connectivity index (χ0n) is 21.0. The zero-order valence-corrected chi connectivity index (χ0v) is 21.0. The molecule has 3 amide bonds. The third kappa shape index (κ3) is 9.10. The van der Waals surface area contributed by atoms with Crippen LogP contribution in [-0.2, 0) is 19.2 Å². The van der Waals surface area contributed by atoms with Gasteiger partial charge in [0.2, 0.25) is 17.7 Å². The summed E-state index contributed by atoms with van der Waals surface area (Å²) in [6.45, 7) is 5.47. The lowest BCUT2D eigenvalue weighted by Gasteiger charge is -2.39. The lowest BCUT2D eigenvalue weighted by molar-refractivity contribution is -0.140. The Morgan fingerprint density at radius 3 is 2.40 bits per heavy atom. The number of carbonyl (C=O) groups excluding carboxylic acids is 4. The largest absolute Gasteiger partial charge is 0.370 e. The third-order valence-electron chi connectivity index (χ3n) is 6.35. The molecule has 0 aromatic carbocycles. The summed E-state index contributed by atoms with van der Waals surface area (Å²) in [5.74, 6) is -0.980. The third-order valence-corrected chi connectivity index (χ3v) is 6.35. The molecular weight excluding hydrogens is 452 g/mol. The van der Waals surface area contributed by atoms with Crippen LogP contribution >= 0.6 is 0 Å². The molecule has 0 aromatic heterocycles. The molecule has 0 radical (unpaired) electrons. The number of rotatable bonds is 14. The van der Waals surface area contributed by atoms with Gasteiger partial charge in [0.15, 0.2) is 11.7 Å². The highest BCUT2D eigenvalue weighted by Gasteiger charge is 2.39. The quantitative estimate of drug-likeness (QED) is 0.0941. The zero-order chi connectivity index (χ0) is 25.8. The van der Waals surface area contributed by atoms with Gasteiger partial charge in [0, 0.05) is 26.2 Å². The highest BCUT2D eigenvalue weighted by molar-refractivity contribution is 5.95. The number of piperazine rings is 2. The van der Waals surface area contributed by atoms with Crippen molar-refractivity contribution in [2.45, 2.75) is 83.0 Å². The summed E-state index contributed by atoms with van der Waals surface area (Å²) < 4.78 is 0. The molecule has 4 atom stereocenters. The van der Waals surface area contributed by atoms with Crippen LogP contribution in [0.3, 0.4) is 0 Å². The Morgan fingerprint density at radius 1 is 1.03 bits per heavy atom. The van der Waals surface area contributed by atoms with E-state index in [0.717, 1.165) is 32.1 Å². The number of nitrogens with one attached hydrogen (secondary N) is 4. The molecule has 0 bridgehead atoms. The summed E-state index contributed by atoms with van der Waals surface area (Å²) in [5.41, 5.74) is 10.7. The lowest BCUT2D eigenvalue weighted by Crippen LogP contribution is -2.66. The van der Waals surface area contributed by atoms with E-state index in [1.165, 1.54) is 0 Å². The molecule has 2 fully saturated rings. The molecule has 0 aromatic rings. The minimum atomic E-state index is -0.751. The van der Waals surface area contributed by atoms with Gasteiger partial charge in [-0.15, -0.1) is 0 Å². The first-order chi connectivity index (χ1) is 16.8. The number of hydrogen-bond acceptors (Lipinski definition) is 7. The van der Waals surface area contributed by atoms with Crippen molar-refractivity contribution in [1.82, 2.24) is 26.2 Å². The lowest BCUT2D eigenvalue weighted by atomic mass is 9.99. The van der Waals surface area contributed by atoms with Gasteiger partial charge in [-0.2, -0.15) is 0 Å². The van der Waals surface area contributed by atoms with Crippen molar-refractivity contribution in [3.05, 3.63) is 0 Å². The molecule has 2 rings (SSSR count). The van der Waals surface area contributed by atoms with Gasteiger partial charge >= 0.3 is 0 Å². The van der Waals surface area contributed by atoms with Crippen LogP contribution in [0.5, 0.6) is 0 Å². The van der Waals surface area contributed by atoms with E-state index >= 15 is 0 Å². The second-order valence-electron chi connectivity index (χ2n) is 9.23. The van der Waals surface area contributed by atoms with E-state index in [0.29, 0.717) is 32.5 Å². The Kier molecular flexibility index (Phi) is 11.9. The van der Waals surface area contributed by atoms with Gasteiger partial charge in [0.1, 0.15) is 12.1 Å². The van der Waals surface area contributed by atoms with Gasteiger partial charge in [-0.05, 0) is 25.7 Å². The monoisotopic (exact) mass is 494 g/mol. The number of guanidine groups is 1. The summed E-state index contributed by atoms with van der Waals surface area (Å²) in [5, 5.41) is 11.6. The fourth-order valence-corrected chi connectivity index (χ4v) is 4.30. The van der Waals surface area contributed by atoms with Crippen LogP contribution in [0, 0.1) is 0 Å². The van der Waals surface area contributed by atoms with Crippen molar-refractivity contribution in [3.63, 3.8) is 0 Å². The van der Waals surface area contributed by atoms with Crippen molar-refractivity contribution in [3.8, 4) is 0 Å². The van der Waals surface area contributed by atoms with Crippen molar-refractivity contribution < 1.29 is 19.2 Å². The fourth-order valence-electron chi connectivity index (χ4n) is 4.30. The molecule has 198 valence electrons. The average Bonchev–Trinajstić information content (AvgIpc) is 2.81. The van der Waals surface area contributed by atoms with Gasteiger partial charge in [-0.1, -0.05) is 33.1 Å². The van der Waals surface area contributed by atoms with E-state index in [2.05, 4.69) is 33.2 Å². The number of nitrogens with two attached hydrogens (primary N) is 2. The molecule has 2 aliphatic heterocycles. The maximum Gasteiger partial charge on any atom is 0.243 e. The number of unbranched alkanes of at least 4 members (excludes halogenated alkanes) is 2. The highest BCUT2D eigenvalue weighted by Crippen LogP contribution is 2.15. The maximum atomic E-state index is 13.1. The summed E-state index contributed by atoms with van der Waals surface area (Å²) in [7, 11) is 0. The van der Waals surface area contributed by atoms with Gasteiger partial charge < -0.3 is 32.7 Å². The summed E-state index contributed by atoms with van der Waals surface area (Å²) >= 11 is 0. The van der Waals surface area contributed by atoms with Crippen LogP contribution < -0.4 is 32.7 Å². The topological polar surface area (TPSA) is 184 Å². The molecule has 0 unspecified atom stereocenters. The molecular formula is C23H42N8O4. The van der Waals surface area contributed by atoms with Crippen molar-refractivity contribution >= 4 is 29.5 Å². The van der Waals surface area contributed by atoms with Crippen molar-refractivity contribution in [2.24, 2.45) is 16.5 Å². The van der Waals surface area contributed by atoms with Gasteiger partial charge in [-0.25, -0.2) is 0 Å². The molecule has 2 aliphatic rings. The molecule has 0 spiro atoms. The minimum Gasteiger partial charge on any atom is -0.370 e. The Morgan fingerprint density at radius 2 is 1.74 bits per heavy atom. The maximum absolute atomic E-state index is 13.1. The first-order valence-corrected chi connectivity index (χ1v) is 12.7. The van der Waals surface area contributed by atoms with E-state index < -0.39 is 18.1 Å². The normalized spacial score (nSPS) is 24.9. The Labute approximate surface area is 207 Å². The van der Waals surface area contributed by atoms with Crippen LogP contribution in [0.15, 0.2) is 4.99 Å². The van der Waals surface area contributed by atoms with E-state index in [4.69, 9.17) is 11.5 Å². The SMILES string of the molecule is CCCCNC(=O)[C@H]1CN(CC(=O)[C@H]2CN[C@@H](CCCC)C(=O)N2)[C@@H](CCCN=C(N)N)C(=O)N1.